The summed E-state index contributed by atoms with van der Waals surface area (Å²) in [6.45, 7) is 0. The van der Waals surface area contributed by atoms with E-state index in [-0.39, 0.29) is 5.92 Å². The summed E-state index contributed by atoms with van der Waals surface area (Å²) in [5.41, 5.74) is 0. The van der Waals surface area contributed by atoms with Crippen LogP contribution < -0.4 is 5.32 Å². The van der Waals surface area contributed by atoms with Crippen molar-refractivity contribution in [3.8, 4) is 0 Å². The van der Waals surface area contributed by atoms with Gasteiger partial charge in [-0.2, -0.15) is 13.2 Å². The number of hydrogen-bond acceptors (Lipinski definition) is 3. The predicted octanol–water partition coefficient (Wildman–Crippen LogP) is 2.90. The number of hydrogen-bond donors (Lipinski definition) is 1. The third-order valence-electron chi connectivity index (χ3n) is 2.16. The molecule has 1 aromatic heterocycles. The van der Waals surface area contributed by atoms with E-state index in [4.69, 9.17) is 0 Å². The van der Waals surface area contributed by atoms with Gasteiger partial charge in [-0.25, -0.2) is 4.98 Å². The third kappa shape index (κ3) is 2.17. The zero-order valence-corrected chi connectivity index (χ0v) is 8.03. The second-order valence-corrected chi connectivity index (χ2v) is 4.23. The van der Waals surface area contributed by atoms with Gasteiger partial charge in [-0.1, -0.05) is 0 Å². The second kappa shape index (κ2) is 3.42. The van der Waals surface area contributed by atoms with E-state index in [0.717, 1.165) is 0 Å². The lowest BCUT2D eigenvalue weighted by Gasteiger charge is -2.20. The Morgan fingerprint density at radius 1 is 1.50 bits per heavy atom. The first-order valence-electron chi connectivity index (χ1n) is 4.30. The van der Waals surface area contributed by atoms with Crippen molar-refractivity contribution in [2.24, 2.45) is 5.92 Å². The summed E-state index contributed by atoms with van der Waals surface area (Å²) in [7, 11) is 0. The molecule has 78 valence electrons. The molecule has 1 atom stereocenters. The van der Waals surface area contributed by atoms with Crippen LogP contribution in [0.1, 0.15) is 12.8 Å². The third-order valence-corrected chi connectivity index (χ3v) is 2.86. The van der Waals surface area contributed by atoms with Gasteiger partial charge in [0, 0.05) is 11.6 Å². The van der Waals surface area contributed by atoms with Gasteiger partial charge in [-0.05, 0) is 18.8 Å². The molecule has 0 spiro atoms. The summed E-state index contributed by atoms with van der Waals surface area (Å²) in [4.78, 5) is 3.79. The van der Waals surface area contributed by atoms with Gasteiger partial charge in [0.05, 0.1) is 0 Å². The molecule has 0 amide bonds. The van der Waals surface area contributed by atoms with Crippen LogP contribution in [-0.2, 0) is 0 Å². The van der Waals surface area contributed by atoms with Gasteiger partial charge < -0.3 is 5.32 Å². The van der Waals surface area contributed by atoms with Crippen LogP contribution in [0.2, 0.25) is 0 Å². The van der Waals surface area contributed by atoms with E-state index in [1.807, 2.05) is 0 Å². The molecule has 0 aromatic carbocycles. The maximum atomic E-state index is 12.5. The van der Waals surface area contributed by atoms with E-state index in [1.165, 1.54) is 17.5 Å². The summed E-state index contributed by atoms with van der Waals surface area (Å²) in [6.07, 6.45) is -1.37. The van der Waals surface area contributed by atoms with Crippen LogP contribution in [0.25, 0.3) is 0 Å². The number of aromatic nitrogens is 1. The zero-order chi connectivity index (χ0) is 10.2. The monoisotopic (exact) mass is 222 g/mol. The van der Waals surface area contributed by atoms with Crippen molar-refractivity contribution in [1.29, 1.82) is 0 Å². The highest BCUT2D eigenvalue weighted by molar-refractivity contribution is 7.13. The Kier molecular flexibility index (Phi) is 2.38. The van der Waals surface area contributed by atoms with Gasteiger partial charge >= 0.3 is 6.18 Å². The van der Waals surface area contributed by atoms with Crippen LogP contribution in [0.15, 0.2) is 11.6 Å². The lowest BCUT2D eigenvalue weighted by molar-refractivity contribution is -0.146. The summed E-state index contributed by atoms with van der Waals surface area (Å²) in [6, 6.07) is -1.42. The number of alkyl halides is 3. The molecule has 1 N–H and O–H groups in total. The first-order valence-corrected chi connectivity index (χ1v) is 5.18. The molecule has 2 rings (SSSR count). The molecule has 1 aromatic rings. The highest BCUT2D eigenvalue weighted by atomic mass is 32.1. The molecule has 1 fully saturated rings. The lowest BCUT2D eigenvalue weighted by Crippen LogP contribution is -2.38. The minimum Gasteiger partial charge on any atom is -0.350 e. The molecule has 1 aliphatic rings. The first kappa shape index (κ1) is 9.76. The van der Waals surface area contributed by atoms with Crippen molar-refractivity contribution in [1.82, 2.24) is 4.98 Å². The topological polar surface area (TPSA) is 24.9 Å². The minimum absolute atomic E-state index is 0.265. The fraction of sp³-hybridized carbons (Fsp3) is 0.625. The first-order chi connectivity index (χ1) is 6.57. The molecule has 6 heteroatoms. The van der Waals surface area contributed by atoms with Crippen molar-refractivity contribution in [3.05, 3.63) is 11.6 Å². The molecular weight excluding hydrogens is 213 g/mol. The number of halogens is 3. The van der Waals surface area contributed by atoms with Crippen molar-refractivity contribution in [2.45, 2.75) is 25.1 Å². The number of nitrogens with zero attached hydrogens (tertiary/aromatic N) is 1. The summed E-state index contributed by atoms with van der Waals surface area (Å²) in [5, 5.41) is 4.45. The molecule has 0 aliphatic heterocycles. The molecule has 0 radical (unpaired) electrons. The maximum Gasteiger partial charge on any atom is 0.408 e. The van der Waals surface area contributed by atoms with Crippen molar-refractivity contribution in [3.63, 3.8) is 0 Å². The molecule has 1 unspecified atom stereocenters. The van der Waals surface area contributed by atoms with Gasteiger partial charge in [0.1, 0.15) is 6.04 Å². The standard InChI is InChI=1S/C8H9F3N2S/c9-8(10,11)6(5-1-2-5)13-7-12-3-4-14-7/h3-6H,1-2H2,(H,12,13). The highest BCUT2D eigenvalue weighted by Gasteiger charge is 2.49. The largest absolute Gasteiger partial charge is 0.408 e. The average Bonchev–Trinajstić information content (AvgIpc) is 2.77. The quantitative estimate of drug-likeness (QED) is 0.850. The highest BCUT2D eigenvalue weighted by Crippen LogP contribution is 2.41. The van der Waals surface area contributed by atoms with E-state index in [9.17, 15) is 13.2 Å². The lowest BCUT2D eigenvalue weighted by atomic mass is 10.2. The Morgan fingerprint density at radius 3 is 2.64 bits per heavy atom. The number of anilines is 1. The fourth-order valence-electron chi connectivity index (χ4n) is 1.32. The van der Waals surface area contributed by atoms with E-state index in [2.05, 4.69) is 10.3 Å². The second-order valence-electron chi connectivity index (χ2n) is 3.34. The Morgan fingerprint density at radius 2 is 2.21 bits per heavy atom. The minimum atomic E-state index is -4.17. The van der Waals surface area contributed by atoms with Crippen LogP contribution in [0.3, 0.4) is 0 Å². The van der Waals surface area contributed by atoms with Crippen LogP contribution in [0, 0.1) is 5.92 Å². The molecule has 14 heavy (non-hydrogen) atoms. The SMILES string of the molecule is FC(F)(F)C(Nc1nccs1)C1CC1. The Bertz CT molecular complexity index is 292. The van der Waals surface area contributed by atoms with Gasteiger partial charge in [0.2, 0.25) is 0 Å². The number of nitrogens with one attached hydrogen (secondary N) is 1. The smallest absolute Gasteiger partial charge is 0.350 e. The summed E-state index contributed by atoms with van der Waals surface area (Å²) >= 11 is 1.19. The molecule has 0 bridgehead atoms. The summed E-state index contributed by atoms with van der Waals surface area (Å²) < 4.78 is 37.6. The Balaban J connectivity index is 2.05. The van der Waals surface area contributed by atoms with Crippen molar-refractivity contribution in [2.75, 3.05) is 5.32 Å². The average molecular weight is 222 g/mol. The summed E-state index contributed by atoms with van der Waals surface area (Å²) in [5.74, 6) is -0.265. The van der Waals surface area contributed by atoms with Crippen LogP contribution >= 0.6 is 11.3 Å². The number of thiazole rings is 1. The van der Waals surface area contributed by atoms with Crippen molar-refractivity contribution < 1.29 is 13.2 Å². The van der Waals surface area contributed by atoms with Crippen molar-refractivity contribution >= 4 is 16.5 Å². The molecule has 1 heterocycles. The Labute approximate surface area is 83.2 Å². The van der Waals surface area contributed by atoms with Crippen LogP contribution in [0.4, 0.5) is 18.3 Å². The van der Waals surface area contributed by atoms with Crippen LogP contribution in [-0.4, -0.2) is 17.2 Å². The Hall–Kier alpha value is -0.780. The van der Waals surface area contributed by atoms with E-state index < -0.39 is 12.2 Å². The predicted molar refractivity (Wildman–Crippen MR) is 48.3 cm³/mol. The molecule has 1 saturated carbocycles. The molecule has 2 nitrogen and oxygen atoms in total. The fourth-order valence-corrected chi connectivity index (χ4v) is 1.89. The molecular formula is C8H9F3N2S. The van der Waals surface area contributed by atoms with Gasteiger partial charge in [-0.15, -0.1) is 11.3 Å². The molecule has 0 saturated heterocycles. The van der Waals surface area contributed by atoms with Gasteiger partial charge in [0.25, 0.3) is 0 Å². The van der Waals surface area contributed by atoms with E-state index >= 15 is 0 Å². The maximum absolute atomic E-state index is 12.5. The number of rotatable bonds is 3. The van der Waals surface area contributed by atoms with E-state index in [1.54, 1.807) is 5.38 Å². The van der Waals surface area contributed by atoms with Gasteiger partial charge in [-0.3, -0.25) is 0 Å². The molecule has 1 aliphatic carbocycles. The zero-order valence-electron chi connectivity index (χ0n) is 7.21. The van der Waals surface area contributed by atoms with Gasteiger partial charge in [0.15, 0.2) is 5.13 Å². The normalized spacial score (nSPS) is 19.4. The van der Waals surface area contributed by atoms with Crippen LogP contribution in [0.5, 0.6) is 0 Å². The van der Waals surface area contributed by atoms with E-state index in [0.29, 0.717) is 18.0 Å².